The highest BCUT2D eigenvalue weighted by Gasteiger charge is 2.56. The number of aliphatic hydroxyl groups excluding tert-OH is 1. The van der Waals surface area contributed by atoms with E-state index >= 15 is 4.39 Å². The summed E-state index contributed by atoms with van der Waals surface area (Å²) in [5.74, 6) is -0.780. The molecule has 1 aromatic heterocycles. The standard InChI is InChI=1S/C22H28ClFN3O9P/c1-12(2)34-19(30)13(3)26-37(32,36-15-8-6-5-7-14(15)23)33-11-16-18(29)22(4,24)20(35-16)27-10-9-17(28)25-21(27)31/h5-10,12-13,16,18,20,29H,11H2,1-4H3,(H,26,32)(H,25,28,31)/t13-,16+,18+,20+,22+,37?/m0/s1. The van der Waals surface area contributed by atoms with Crippen LogP contribution in [-0.2, 0) is 23.4 Å². The van der Waals surface area contributed by atoms with E-state index in [-0.39, 0.29) is 10.8 Å². The lowest BCUT2D eigenvalue weighted by Crippen LogP contribution is -2.43. The molecular formula is C22H28ClFN3O9P. The van der Waals surface area contributed by atoms with Gasteiger partial charge in [-0.25, -0.2) is 13.8 Å². The molecule has 0 aliphatic carbocycles. The summed E-state index contributed by atoms with van der Waals surface area (Å²) in [4.78, 5) is 37.8. The van der Waals surface area contributed by atoms with Gasteiger partial charge in [-0.3, -0.25) is 23.7 Å². The fourth-order valence-corrected chi connectivity index (χ4v) is 5.25. The van der Waals surface area contributed by atoms with Crippen LogP contribution in [0.4, 0.5) is 4.39 Å². The average molecular weight is 564 g/mol. The van der Waals surface area contributed by atoms with Crippen LogP contribution in [0.5, 0.6) is 5.75 Å². The minimum absolute atomic E-state index is 0.0367. The largest absolute Gasteiger partial charge is 0.462 e. The van der Waals surface area contributed by atoms with Crippen LogP contribution < -0.4 is 20.9 Å². The number of alkyl halides is 1. The number of carbonyl (C=O) groups is 1. The molecule has 1 aromatic carbocycles. The van der Waals surface area contributed by atoms with Gasteiger partial charge < -0.3 is 19.1 Å². The van der Waals surface area contributed by atoms with Crippen LogP contribution in [0, 0.1) is 0 Å². The number of aromatic nitrogens is 2. The number of nitrogens with zero attached hydrogens (tertiary/aromatic N) is 1. The Kier molecular flexibility index (Phi) is 8.99. The van der Waals surface area contributed by atoms with Crippen molar-refractivity contribution in [3.05, 3.63) is 62.4 Å². The van der Waals surface area contributed by atoms with Gasteiger partial charge in [0.05, 0.1) is 17.7 Å². The van der Waals surface area contributed by atoms with Crippen molar-refractivity contribution < 1.29 is 37.4 Å². The number of para-hydroxylation sites is 1. The zero-order valence-corrected chi connectivity index (χ0v) is 22.1. The van der Waals surface area contributed by atoms with Crippen molar-refractivity contribution in [1.29, 1.82) is 0 Å². The Morgan fingerprint density at radius 1 is 1.32 bits per heavy atom. The SMILES string of the molecule is CC(C)OC(=O)[C@H](C)NP(=O)(OC[C@H]1O[C@@H](n2ccc(=O)[nH]c2=O)[C@](C)(F)[C@@H]1O)Oc1ccccc1Cl. The third-order valence-electron chi connectivity index (χ3n) is 5.34. The van der Waals surface area contributed by atoms with Crippen molar-refractivity contribution >= 4 is 25.3 Å². The van der Waals surface area contributed by atoms with Gasteiger partial charge in [0.2, 0.25) is 0 Å². The number of benzene rings is 1. The van der Waals surface area contributed by atoms with Crippen molar-refractivity contribution in [2.75, 3.05) is 6.61 Å². The van der Waals surface area contributed by atoms with Crippen LogP contribution >= 0.6 is 19.3 Å². The number of hydrogen-bond acceptors (Lipinski definition) is 9. The molecule has 1 aliphatic rings. The van der Waals surface area contributed by atoms with Crippen molar-refractivity contribution in [2.45, 2.75) is 63.9 Å². The van der Waals surface area contributed by atoms with Gasteiger partial charge in [0.1, 0.15) is 24.0 Å². The van der Waals surface area contributed by atoms with Crippen LogP contribution in [0.25, 0.3) is 0 Å². The Bertz CT molecular complexity index is 1280. The van der Waals surface area contributed by atoms with Crippen molar-refractivity contribution in [1.82, 2.24) is 14.6 Å². The summed E-state index contributed by atoms with van der Waals surface area (Å²) in [6, 6.07) is 5.89. The van der Waals surface area contributed by atoms with Crippen molar-refractivity contribution in [3.8, 4) is 5.75 Å². The smallest absolute Gasteiger partial charge is 0.459 e. The van der Waals surface area contributed by atoms with Crippen LogP contribution in [0.2, 0.25) is 5.02 Å². The van der Waals surface area contributed by atoms with E-state index in [9.17, 15) is 24.1 Å². The average Bonchev–Trinajstić information content (AvgIpc) is 3.02. The molecule has 0 bridgehead atoms. The number of aliphatic hydroxyl groups is 1. The summed E-state index contributed by atoms with van der Waals surface area (Å²) in [6.07, 6.45) is -4.33. The summed E-state index contributed by atoms with van der Waals surface area (Å²) < 4.78 is 51.5. The molecule has 2 heterocycles. The highest BCUT2D eigenvalue weighted by Crippen LogP contribution is 2.48. The molecule has 0 spiro atoms. The van der Waals surface area contributed by atoms with Gasteiger partial charge in [-0.05, 0) is 39.8 Å². The molecule has 1 fully saturated rings. The molecular weight excluding hydrogens is 536 g/mol. The quantitative estimate of drug-likeness (QED) is 0.289. The van der Waals surface area contributed by atoms with Gasteiger partial charge >= 0.3 is 19.4 Å². The van der Waals surface area contributed by atoms with Crippen LogP contribution in [-0.4, -0.2) is 57.3 Å². The number of halogens is 2. The maximum absolute atomic E-state index is 15.5. The van der Waals surface area contributed by atoms with E-state index < -0.39 is 67.8 Å². The van der Waals surface area contributed by atoms with Gasteiger partial charge in [-0.15, -0.1) is 0 Å². The highest BCUT2D eigenvalue weighted by molar-refractivity contribution is 7.52. The van der Waals surface area contributed by atoms with Crippen LogP contribution in [0.1, 0.15) is 33.9 Å². The topological polar surface area (TPSA) is 158 Å². The molecule has 12 nitrogen and oxygen atoms in total. The van der Waals surface area contributed by atoms with E-state index in [4.69, 9.17) is 30.1 Å². The summed E-state index contributed by atoms with van der Waals surface area (Å²) >= 11 is 6.11. The maximum atomic E-state index is 15.5. The summed E-state index contributed by atoms with van der Waals surface area (Å²) in [6.45, 7) is 4.96. The third-order valence-corrected chi connectivity index (χ3v) is 7.28. The van der Waals surface area contributed by atoms with Crippen LogP contribution in [0.15, 0.2) is 46.1 Å². The molecule has 1 unspecified atom stereocenters. The first kappa shape index (κ1) is 29.0. The van der Waals surface area contributed by atoms with E-state index in [0.717, 1.165) is 23.8 Å². The maximum Gasteiger partial charge on any atom is 0.459 e. The predicted octanol–water partition coefficient (Wildman–Crippen LogP) is 2.31. The number of aromatic amines is 1. The van der Waals surface area contributed by atoms with E-state index in [2.05, 4.69) is 5.09 Å². The van der Waals surface area contributed by atoms with Gasteiger partial charge in [-0.2, -0.15) is 5.09 Å². The molecule has 204 valence electrons. The van der Waals surface area contributed by atoms with Gasteiger partial charge in [0, 0.05) is 12.3 Å². The fraction of sp³-hybridized carbons (Fsp3) is 0.500. The second kappa shape index (κ2) is 11.5. The number of carbonyl (C=O) groups excluding carboxylic acids is 1. The number of nitrogens with one attached hydrogen (secondary N) is 2. The van der Waals surface area contributed by atoms with E-state index in [1.807, 2.05) is 4.98 Å². The number of H-pyrrole nitrogens is 1. The Morgan fingerprint density at radius 2 is 2.00 bits per heavy atom. The number of rotatable bonds is 10. The summed E-state index contributed by atoms with van der Waals surface area (Å²) in [5, 5.41) is 13.1. The van der Waals surface area contributed by atoms with Crippen molar-refractivity contribution in [2.24, 2.45) is 0 Å². The Balaban J connectivity index is 1.83. The molecule has 0 saturated carbocycles. The number of esters is 1. The van der Waals surface area contributed by atoms with Gasteiger partial charge in [-0.1, -0.05) is 23.7 Å². The summed E-state index contributed by atoms with van der Waals surface area (Å²) in [5.41, 5.74) is -4.16. The zero-order valence-electron chi connectivity index (χ0n) is 20.4. The molecule has 3 N–H and O–H groups in total. The normalized spacial score (nSPS) is 26.0. The van der Waals surface area contributed by atoms with E-state index in [1.165, 1.54) is 19.1 Å². The first-order chi connectivity index (χ1) is 17.2. The molecule has 2 aromatic rings. The van der Waals surface area contributed by atoms with E-state index in [0.29, 0.717) is 0 Å². The minimum Gasteiger partial charge on any atom is -0.462 e. The number of ether oxygens (including phenoxy) is 2. The zero-order chi connectivity index (χ0) is 27.5. The lowest BCUT2D eigenvalue weighted by Gasteiger charge is -2.25. The molecule has 6 atom stereocenters. The third kappa shape index (κ3) is 6.86. The molecule has 1 aliphatic heterocycles. The summed E-state index contributed by atoms with van der Waals surface area (Å²) in [7, 11) is -4.42. The lowest BCUT2D eigenvalue weighted by atomic mass is 9.98. The fourth-order valence-electron chi connectivity index (χ4n) is 3.50. The molecule has 0 amide bonds. The molecule has 15 heteroatoms. The lowest BCUT2D eigenvalue weighted by molar-refractivity contribution is -0.149. The molecule has 37 heavy (non-hydrogen) atoms. The Morgan fingerprint density at radius 3 is 2.62 bits per heavy atom. The van der Waals surface area contributed by atoms with Crippen molar-refractivity contribution in [3.63, 3.8) is 0 Å². The first-order valence-electron chi connectivity index (χ1n) is 11.2. The van der Waals surface area contributed by atoms with Gasteiger partial charge in [0.15, 0.2) is 11.9 Å². The Labute approximate surface area is 216 Å². The van der Waals surface area contributed by atoms with E-state index in [1.54, 1.807) is 26.0 Å². The second-order valence-electron chi connectivity index (χ2n) is 8.79. The first-order valence-corrected chi connectivity index (χ1v) is 13.2. The highest BCUT2D eigenvalue weighted by atomic mass is 35.5. The minimum atomic E-state index is -4.42. The monoisotopic (exact) mass is 563 g/mol. The van der Waals surface area contributed by atoms with Crippen LogP contribution in [0.3, 0.4) is 0 Å². The number of hydrogen-bond donors (Lipinski definition) is 3. The van der Waals surface area contributed by atoms with Gasteiger partial charge in [0.25, 0.3) is 5.56 Å². The second-order valence-corrected chi connectivity index (χ2v) is 10.9. The molecule has 3 rings (SSSR count). The Hall–Kier alpha value is -2.54. The predicted molar refractivity (Wildman–Crippen MR) is 130 cm³/mol. The molecule has 0 radical (unpaired) electrons. The molecule has 1 saturated heterocycles.